The second kappa shape index (κ2) is 9.88. The summed E-state index contributed by atoms with van der Waals surface area (Å²) < 4.78 is 15.3. The predicted molar refractivity (Wildman–Crippen MR) is 125 cm³/mol. The molecular formula is C25H22ClFN4O2. The van der Waals surface area contributed by atoms with Crippen LogP contribution in [0.15, 0.2) is 54.7 Å². The number of carbonyl (C=O) groups excluding carboxylic acids is 2. The monoisotopic (exact) mass is 464 g/mol. The van der Waals surface area contributed by atoms with Crippen LogP contribution < -0.4 is 0 Å². The van der Waals surface area contributed by atoms with E-state index in [9.17, 15) is 14.0 Å². The Labute approximate surface area is 196 Å². The third-order valence-corrected chi connectivity index (χ3v) is 6.04. The molecule has 0 bridgehead atoms. The highest BCUT2D eigenvalue weighted by Gasteiger charge is 2.25. The Kier molecular flexibility index (Phi) is 6.76. The molecule has 33 heavy (non-hydrogen) atoms. The molecule has 0 saturated carbocycles. The van der Waals surface area contributed by atoms with Crippen LogP contribution in [0.1, 0.15) is 22.3 Å². The third kappa shape index (κ3) is 4.91. The Morgan fingerprint density at radius 1 is 1.09 bits per heavy atom. The Morgan fingerprint density at radius 3 is 2.55 bits per heavy atom. The van der Waals surface area contributed by atoms with Gasteiger partial charge in [-0.15, -0.1) is 0 Å². The average Bonchev–Trinajstić information content (AvgIpc) is 3.18. The van der Waals surface area contributed by atoms with Crippen molar-refractivity contribution >= 4 is 40.4 Å². The lowest BCUT2D eigenvalue weighted by Gasteiger charge is -2.34. The number of nitriles is 1. The predicted octanol–water partition coefficient (Wildman–Crippen LogP) is 4.35. The molecule has 0 unspecified atom stereocenters. The zero-order valence-electron chi connectivity index (χ0n) is 17.9. The molecule has 0 radical (unpaired) electrons. The number of nitrogens with zero attached hydrogens (tertiary/aromatic N) is 4. The summed E-state index contributed by atoms with van der Waals surface area (Å²) in [7, 11) is 0. The molecule has 168 valence electrons. The first-order valence-corrected chi connectivity index (χ1v) is 11.0. The van der Waals surface area contributed by atoms with Gasteiger partial charge in [0, 0.05) is 61.5 Å². The molecule has 2 heterocycles. The van der Waals surface area contributed by atoms with Crippen molar-refractivity contribution in [2.45, 2.75) is 13.0 Å². The van der Waals surface area contributed by atoms with Crippen LogP contribution in [-0.2, 0) is 11.3 Å². The number of halogens is 2. The van der Waals surface area contributed by atoms with E-state index >= 15 is 0 Å². The van der Waals surface area contributed by atoms with Crippen LogP contribution in [0.2, 0.25) is 5.02 Å². The van der Waals surface area contributed by atoms with Crippen LogP contribution in [0, 0.1) is 17.1 Å². The van der Waals surface area contributed by atoms with Crippen molar-refractivity contribution in [1.29, 1.82) is 5.26 Å². The van der Waals surface area contributed by atoms with Gasteiger partial charge < -0.3 is 14.4 Å². The van der Waals surface area contributed by atoms with E-state index in [0.29, 0.717) is 39.1 Å². The van der Waals surface area contributed by atoms with Crippen LogP contribution in [0.3, 0.4) is 0 Å². The first-order valence-electron chi connectivity index (χ1n) is 10.6. The van der Waals surface area contributed by atoms with E-state index in [2.05, 4.69) is 6.07 Å². The Morgan fingerprint density at radius 2 is 1.82 bits per heavy atom. The molecule has 0 aliphatic carbocycles. The smallest absolute Gasteiger partial charge is 0.255 e. The third-order valence-electron chi connectivity index (χ3n) is 5.73. The molecule has 1 aromatic heterocycles. The maximum absolute atomic E-state index is 13.3. The molecule has 8 heteroatoms. The minimum absolute atomic E-state index is 0.0790. The van der Waals surface area contributed by atoms with Gasteiger partial charge in [0.05, 0.1) is 23.1 Å². The molecule has 1 aliphatic rings. The maximum atomic E-state index is 13.3. The summed E-state index contributed by atoms with van der Waals surface area (Å²) >= 11 is 6.01. The van der Waals surface area contributed by atoms with E-state index in [-0.39, 0.29) is 22.4 Å². The molecule has 4 rings (SSSR count). The quantitative estimate of drug-likeness (QED) is 0.527. The largest absolute Gasteiger partial charge is 0.346 e. The lowest BCUT2D eigenvalue weighted by Crippen LogP contribution is -2.50. The van der Waals surface area contributed by atoms with Crippen molar-refractivity contribution < 1.29 is 14.0 Å². The minimum atomic E-state index is -0.494. The van der Waals surface area contributed by atoms with Crippen LogP contribution in [0.25, 0.3) is 17.0 Å². The molecular weight excluding hydrogens is 443 g/mol. The molecule has 2 amide bonds. The number of amides is 2. The zero-order chi connectivity index (χ0) is 23.4. The van der Waals surface area contributed by atoms with E-state index in [1.165, 1.54) is 12.1 Å². The Hall–Kier alpha value is -3.63. The molecule has 0 atom stereocenters. The van der Waals surface area contributed by atoms with Crippen molar-refractivity contribution in [3.05, 3.63) is 76.7 Å². The molecule has 0 N–H and O–H groups in total. The van der Waals surface area contributed by atoms with Crippen molar-refractivity contribution in [2.24, 2.45) is 0 Å². The number of hydrogen-bond acceptors (Lipinski definition) is 3. The summed E-state index contributed by atoms with van der Waals surface area (Å²) in [4.78, 5) is 28.8. The maximum Gasteiger partial charge on any atom is 0.255 e. The van der Waals surface area contributed by atoms with Gasteiger partial charge in [-0.1, -0.05) is 29.8 Å². The van der Waals surface area contributed by atoms with E-state index in [1.54, 1.807) is 22.0 Å². The van der Waals surface area contributed by atoms with E-state index in [4.69, 9.17) is 16.9 Å². The second-order valence-corrected chi connectivity index (χ2v) is 8.19. The molecule has 0 spiro atoms. The number of benzene rings is 2. The van der Waals surface area contributed by atoms with Crippen molar-refractivity contribution in [1.82, 2.24) is 14.4 Å². The van der Waals surface area contributed by atoms with Crippen LogP contribution >= 0.6 is 11.6 Å². The van der Waals surface area contributed by atoms with E-state index < -0.39 is 5.82 Å². The summed E-state index contributed by atoms with van der Waals surface area (Å²) in [6, 6.07) is 13.8. The summed E-state index contributed by atoms with van der Waals surface area (Å²) in [5.74, 6) is -0.893. The van der Waals surface area contributed by atoms with Gasteiger partial charge in [0.15, 0.2) is 0 Å². The SMILES string of the molecule is N#CCCn1cc(/C=C/C(=O)N2CCN(C(=O)c3ccc(F)cc3Cl)CC2)c2ccccc21. The lowest BCUT2D eigenvalue weighted by atomic mass is 10.1. The highest BCUT2D eigenvalue weighted by Crippen LogP contribution is 2.23. The van der Waals surface area contributed by atoms with Crippen molar-refractivity contribution in [2.75, 3.05) is 26.2 Å². The standard InChI is InChI=1S/C25H22ClFN4O2/c26-22-16-19(27)7-8-21(22)25(33)30-14-12-29(13-15-30)24(32)9-6-18-17-31(11-3-10-28)23-5-2-1-4-20(18)23/h1-2,4-9,16-17H,3,11-15H2/b9-6+. The fraction of sp³-hybridized carbons (Fsp3) is 0.240. The number of hydrogen-bond donors (Lipinski definition) is 0. The zero-order valence-corrected chi connectivity index (χ0v) is 18.6. The van der Waals surface area contributed by atoms with Crippen molar-refractivity contribution in [3.63, 3.8) is 0 Å². The topological polar surface area (TPSA) is 69.3 Å². The fourth-order valence-corrected chi connectivity index (χ4v) is 4.24. The van der Waals surface area contributed by atoms with E-state index in [0.717, 1.165) is 22.5 Å². The molecule has 3 aromatic rings. The van der Waals surface area contributed by atoms with Gasteiger partial charge in [0.1, 0.15) is 5.82 Å². The van der Waals surface area contributed by atoms with Gasteiger partial charge >= 0.3 is 0 Å². The summed E-state index contributed by atoms with van der Waals surface area (Å²) in [5.41, 5.74) is 2.19. The number of fused-ring (bicyclic) bond motifs is 1. The van der Waals surface area contributed by atoms with Crippen LogP contribution in [0.5, 0.6) is 0 Å². The van der Waals surface area contributed by atoms with Crippen LogP contribution in [0.4, 0.5) is 4.39 Å². The Bertz CT molecular complexity index is 1270. The molecule has 1 aliphatic heterocycles. The van der Waals surface area contributed by atoms with Crippen LogP contribution in [-0.4, -0.2) is 52.4 Å². The highest BCUT2D eigenvalue weighted by atomic mass is 35.5. The molecule has 6 nitrogen and oxygen atoms in total. The fourth-order valence-electron chi connectivity index (χ4n) is 3.99. The van der Waals surface area contributed by atoms with Gasteiger partial charge in [-0.25, -0.2) is 4.39 Å². The van der Waals surface area contributed by atoms with Crippen molar-refractivity contribution in [3.8, 4) is 6.07 Å². The number of aromatic nitrogens is 1. The first kappa shape index (κ1) is 22.6. The number of aryl methyl sites for hydroxylation is 1. The number of carbonyl (C=O) groups is 2. The number of piperazine rings is 1. The number of rotatable bonds is 5. The molecule has 1 saturated heterocycles. The average molecular weight is 465 g/mol. The highest BCUT2D eigenvalue weighted by molar-refractivity contribution is 6.33. The summed E-state index contributed by atoms with van der Waals surface area (Å²) in [6.45, 7) is 2.14. The summed E-state index contributed by atoms with van der Waals surface area (Å²) in [5, 5.41) is 9.99. The van der Waals surface area contributed by atoms with Gasteiger partial charge in [-0.2, -0.15) is 5.26 Å². The van der Waals surface area contributed by atoms with Gasteiger partial charge in [-0.3, -0.25) is 9.59 Å². The summed E-state index contributed by atoms with van der Waals surface area (Å²) in [6.07, 6.45) is 5.70. The Balaban J connectivity index is 1.40. The van der Waals surface area contributed by atoms with Gasteiger partial charge in [0.25, 0.3) is 5.91 Å². The normalized spacial score (nSPS) is 14.1. The number of para-hydroxylation sites is 1. The molecule has 2 aromatic carbocycles. The van der Waals surface area contributed by atoms with Gasteiger partial charge in [-0.05, 0) is 30.3 Å². The van der Waals surface area contributed by atoms with E-state index in [1.807, 2.05) is 35.0 Å². The first-order chi connectivity index (χ1) is 16.0. The minimum Gasteiger partial charge on any atom is -0.346 e. The molecule has 1 fully saturated rings. The lowest BCUT2D eigenvalue weighted by molar-refractivity contribution is -0.127. The van der Waals surface area contributed by atoms with Gasteiger partial charge in [0.2, 0.25) is 5.91 Å². The second-order valence-electron chi connectivity index (χ2n) is 7.78.